The number of unbranched alkanes of at least 4 members (excludes halogenated alkanes) is 1. The van der Waals surface area contributed by atoms with Crippen LogP contribution >= 0.6 is 0 Å². The molecule has 1 radical (unpaired) electrons. The van der Waals surface area contributed by atoms with Crippen molar-refractivity contribution in [3.05, 3.63) is 48.4 Å². The number of halogens is 1. The first-order chi connectivity index (χ1) is 5.43. The summed E-state index contributed by atoms with van der Waals surface area (Å²) in [5, 5.41) is 0. The van der Waals surface area contributed by atoms with E-state index in [9.17, 15) is 0 Å². The van der Waals surface area contributed by atoms with Crippen LogP contribution in [-0.2, 0) is 19.5 Å². The molecule has 67 valence electrons. The van der Waals surface area contributed by atoms with Crippen molar-refractivity contribution in [2.24, 2.45) is 0 Å². The smallest absolute Gasteiger partial charge is 0 e. The Balaban J connectivity index is 0. The van der Waals surface area contributed by atoms with Crippen LogP contribution in [0.25, 0.3) is 6.08 Å². The number of rotatable bonds is 3. The van der Waals surface area contributed by atoms with Crippen molar-refractivity contribution in [1.29, 1.82) is 0 Å². The molecule has 0 atom stereocenters. The van der Waals surface area contributed by atoms with Gasteiger partial charge in [-0.2, -0.15) is 0 Å². The molecule has 0 spiro atoms. The maximum absolute atomic E-state index is 2.16. The van der Waals surface area contributed by atoms with Crippen molar-refractivity contribution in [2.45, 2.75) is 13.3 Å². The third-order valence-electron chi connectivity index (χ3n) is 1.48. The van der Waals surface area contributed by atoms with Crippen molar-refractivity contribution in [2.75, 3.05) is 0 Å². The average molecular weight is 338 g/mol. The van der Waals surface area contributed by atoms with E-state index in [0.29, 0.717) is 0 Å². The van der Waals surface area contributed by atoms with Crippen LogP contribution in [0, 0.1) is 6.42 Å². The minimum absolute atomic E-state index is 0. The minimum atomic E-state index is 0. The van der Waals surface area contributed by atoms with Crippen molar-refractivity contribution >= 4 is 6.08 Å². The Kier molecular flexibility index (Phi) is 12.6. The normalized spacial score (nSPS) is 9.00. The zero-order valence-corrected chi connectivity index (χ0v) is 13.0. The summed E-state index contributed by atoms with van der Waals surface area (Å²) < 4.78 is 0. The summed E-state index contributed by atoms with van der Waals surface area (Å²) >= 11 is 0. The van der Waals surface area contributed by atoms with E-state index in [1.807, 2.05) is 6.07 Å². The summed E-state index contributed by atoms with van der Waals surface area (Å²) in [6, 6.07) is 10.3. The molecule has 0 saturated heterocycles. The average Bonchev–Trinajstić information content (AvgIpc) is 2.07. The van der Waals surface area contributed by atoms with Crippen molar-refractivity contribution in [3.63, 3.8) is 0 Å². The van der Waals surface area contributed by atoms with E-state index < -0.39 is 0 Å². The molecule has 1 aromatic rings. The number of hydrogen-bond acceptors (Lipinski definition) is 0. The van der Waals surface area contributed by atoms with Gasteiger partial charge in [-0.25, -0.2) is 0 Å². The molecule has 0 saturated carbocycles. The number of hydrogen-bond donors (Lipinski definition) is 0. The van der Waals surface area contributed by atoms with E-state index in [-0.39, 0.29) is 43.5 Å². The molecule has 0 nitrogen and oxygen atoms in total. The van der Waals surface area contributed by atoms with Crippen molar-refractivity contribution in [3.8, 4) is 0 Å². The van der Waals surface area contributed by atoms with Gasteiger partial charge in [0, 0.05) is 19.5 Å². The van der Waals surface area contributed by atoms with Gasteiger partial charge in [-0.15, -0.1) is 0 Å². The van der Waals surface area contributed by atoms with Gasteiger partial charge in [0.25, 0.3) is 0 Å². The van der Waals surface area contributed by atoms with Crippen molar-refractivity contribution in [1.82, 2.24) is 0 Å². The first-order valence-corrected chi connectivity index (χ1v) is 3.93. The Morgan fingerprint density at radius 1 is 1.15 bits per heavy atom. The van der Waals surface area contributed by atoms with Crippen LogP contribution in [0.1, 0.15) is 18.9 Å². The summed E-state index contributed by atoms with van der Waals surface area (Å²) in [6.07, 6.45) is 7.49. The summed E-state index contributed by atoms with van der Waals surface area (Å²) in [5.74, 6) is 0. The van der Waals surface area contributed by atoms with Gasteiger partial charge in [0.15, 0.2) is 0 Å². The predicted molar refractivity (Wildman–Crippen MR) is 50.1 cm³/mol. The number of allylic oxidation sites excluding steroid dienone is 1. The Bertz CT molecular complexity index is 219. The van der Waals surface area contributed by atoms with Gasteiger partial charge in [-0.05, 0) is 18.4 Å². The molecular weight excluding hydrogens is 324 g/mol. The fourth-order valence-electron chi connectivity index (χ4n) is 0.904. The molecule has 0 aliphatic heterocycles. The van der Waals surface area contributed by atoms with E-state index in [4.69, 9.17) is 0 Å². The summed E-state index contributed by atoms with van der Waals surface area (Å²) in [6.45, 7) is 2.06. The van der Waals surface area contributed by atoms with Crippen LogP contribution in [0.5, 0.6) is 0 Å². The molecule has 0 N–H and O–H groups in total. The van der Waals surface area contributed by atoms with Crippen LogP contribution in [0.4, 0.5) is 0 Å². The molecule has 13 heavy (non-hydrogen) atoms. The van der Waals surface area contributed by atoms with Gasteiger partial charge >= 0.3 is 0 Å². The Labute approximate surface area is 111 Å². The van der Waals surface area contributed by atoms with Gasteiger partial charge in [0.2, 0.25) is 0 Å². The van der Waals surface area contributed by atoms with Gasteiger partial charge in [0.1, 0.15) is 0 Å². The predicted octanol–water partition coefficient (Wildman–Crippen LogP) is 0.316. The molecule has 0 amide bonds. The molecule has 0 aromatic heterocycles. The standard InChI is InChI=1S/C11H13.HI.Zn/c1-2-3-5-8-11-9-6-4-7-10-11;;/h2,4-10H,3H2,1H3;1H;/p-1/b8-5+;;. The second-order valence-electron chi connectivity index (χ2n) is 2.46. The molecule has 0 aliphatic carbocycles. The topological polar surface area (TPSA) is 0 Å². The summed E-state index contributed by atoms with van der Waals surface area (Å²) in [4.78, 5) is 0. The fourth-order valence-corrected chi connectivity index (χ4v) is 0.904. The number of benzene rings is 1. The van der Waals surface area contributed by atoms with Gasteiger partial charge in [-0.3, -0.25) is 0 Å². The van der Waals surface area contributed by atoms with Gasteiger partial charge < -0.3 is 24.0 Å². The maximum atomic E-state index is 2.16. The molecular formula is C11H13IZn-. The Hall–Kier alpha value is 0.313. The SMILES string of the molecule is C[CH]C/C=C/c1ccccc1.[I-].[Zn]. The maximum Gasteiger partial charge on any atom is 0 e. The van der Waals surface area contributed by atoms with Crippen LogP contribution in [-0.4, -0.2) is 0 Å². The van der Waals surface area contributed by atoms with Crippen molar-refractivity contribution < 1.29 is 43.5 Å². The fraction of sp³-hybridized carbons (Fsp3) is 0.182. The van der Waals surface area contributed by atoms with Crippen LogP contribution in [0.2, 0.25) is 0 Å². The third-order valence-corrected chi connectivity index (χ3v) is 1.48. The van der Waals surface area contributed by atoms with E-state index >= 15 is 0 Å². The second-order valence-corrected chi connectivity index (χ2v) is 2.46. The van der Waals surface area contributed by atoms with E-state index in [0.717, 1.165) is 6.42 Å². The van der Waals surface area contributed by atoms with E-state index in [2.05, 4.69) is 49.8 Å². The summed E-state index contributed by atoms with van der Waals surface area (Å²) in [5.41, 5.74) is 1.27. The molecule has 1 aromatic carbocycles. The van der Waals surface area contributed by atoms with E-state index in [1.165, 1.54) is 5.56 Å². The molecule has 0 aliphatic rings. The Morgan fingerprint density at radius 3 is 2.31 bits per heavy atom. The molecule has 0 bridgehead atoms. The summed E-state index contributed by atoms with van der Waals surface area (Å²) in [7, 11) is 0. The largest absolute Gasteiger partial charge is 1.00 e. The molecule has 0 heterocycles. The van der Waals surface area contributed by atoms with Crippen LogP contribution in [0.15, 0.2) is 36.4 Å². The minimum Gasteiger partial charge on any atom is -1.00 e. The molecule has 1 rings (SSSR count). The van der Waals surface area contributed by atoms with Gasteiger partial charge in [0.05, 0.1) is 0 Å². The Morgan fingerprint density at radius 2 is 1.77 bits per heavy atom. The molecule has 2 heteroatoms. The molecule has 0 unspecified atom stereocenters. The first kappa shape index (κ1) is 15.8. The quantitative estimate of drug-likeness (QED) is 0.550. The monoisotopic (exact) mass is 336 g/mol. The third kappa shape index (κ3) is 7.39. The van der Waals surface area contributed by atoms with Gasteiger partial charge in [-0.1, -0.05) is 49.4 Å². The van der Waals surface area contributed by atoms with E-state index in [1.54, 1.807) is 0 Å². The van der Waals surface area contributed by atoms with Crippen LogP contribution in [0.3, 0.4) is 0 Å². The second kappa shape index (κ2) is 10.4. The van der Waals surface area contributed by atoms with Crippen LogP contribution < -0.4 is 24.0 Å². The zero-order valence-electron chi connectivity index (χ0n) is 7.91. The molecule has 0 fully saturated rings. The zero-order chi connectivity index (χ0) is 7.94. The first-order valence-electron chi connectivity index (χ1n) is 3.93.